The molecule has 0 N–H and O–H groups in total. The van der Waals surface area contributed by atoms with E-state index in [0.717, 1.165) is 6.32 Å². The van der Waals surface area contributed by atoms with Gasteiger partial charge in [-0.25, -0.2) is 0 Å². The van der Waals surface area contributed by atoms with Crippen molar-refractivity contribution in [3.63, 3.8) is 0 Å². The Kier molecular flexibility index (Phi) is 3.80. The summed E-state index contributed by atoms with van der Waals surface area (Å²) in [5, 5.41) is 0. The lowest BCUT2D eigenvalue weighted by Crippen LogP contribution is -2.41. The molecule has 1 aliphatic rings. The molecule has 1 fully saturated rings. The molecule has 1 aliphatic heterocycles. The van der Waals surface area contributed by atoms with Crippen LogP contribution in [0.2, 0.25) is 6.32 Å². The topological polar surface area (TPSA) is 18.5 Å². The van der Waals surface area contributed by atoms with Gasteiger partial charge in [0.1, 0.15) is 4.84 Å². The number of rotatable bonds is 3. The maximum atomic E-state index is 5.77. The third-order valence-corrected chi connectivity index (χ3v) is 3.36. The Morgan fingerprint density at radius 1 is 1.07 bits per heavy atom. The van der Waals surface area contributed by atoms with Crippen molar-refractivity contribution >= 4 is 30.3 Å². The molecule has 0 aliphatic carbocycles. The first-order valence-electron chi connectivity index (χ1n) is 4.88. The molecule has 0 atom stereocenters. The molecule has 0 unspecified atom stereocenters. The van der Waals surface area contributed by atoms with Crippen LogP contribution < -0.4 is 0 Å². The quantitative estimate of drug-likeness (QED) is 0.555. The molecule has 0 spiro atoms. The third kappa shape index (κ3) is 2.78. The van der Waals surface area contributed by atoms with E-state index in [-0.39, 0.29) is 23.2 Å². The molecule has 82 valence electrons. The standard InChI is InChI=1S/C9H17BCl2O2/c1-8(2)9(3,4)14-10(13-8)6-5-7(11)12/h7H,5-6H2,1-4H3. The van der Waals surface area contributed by atoms with Crippen molar-refractivity contribution in [2.45, 2.75) is 56.5 Å². The zero-order valence-electron chi connectivity index (χ0n) is 9.14. The summed E-state index contributed by atoms with van der Waals surface area (Å²) in [5.74, 6) is 0. The molecular formula is C9H17BCl2O2. The molecule has 0 aromatic heterocycles. The predicted molar refractivity (Wildman–Crippen MR) is 61.0 cm³/mol. The first-order valence-corrected chi connectivity index (χ1v) is 5.76. The molecule has 14 heavy (non-hydrogen) atoms. The van der Waals surface area contributed by atoms with Crippen LogP contribution in [-0.2, 0) is 9.31 Å². The van der Waals surface area contributed by atoms with E-state index in [1.54, 1.807) is 0 Å². The average Bonchev–Trinajstić information content (AvgIpc) is 2.17. The van der Waals surface area contributed by atoms with Crippen molar-refractivity contribution in [3.8, 4) is 0 Å². The van der Waals surface area contributed by atoms with Crippen LogP contribution in [0.1, 0.15) is 34.1 Å². The minimum atomic E-state index is -0.339. The highest BCUT2D eigenvalue weighted by Gasteiger charge is 2.50. The predicted octanol–water partition coefficient (Wildman–Crippen LogP) is 3.27. The van der Waals surface area contributed by atoms with Crippen LogP contribution in [0.15, 0.2) is 0 Å². The molecule has 0 aromatic carbocycles. The fraction of sp³-hybridized carbons (Fsp3) is 1.00. The van der Waals surface area contributed by atoms with Gasteiger partial charge in [0.15, 0.2) is 0 Å². The van der Waals surface area contributed by atoms with Crippen molar-refractivity contribution in [1.82, 2.24) is 0 Å². The van der Waals surface area contributed by atoms with E-state index in [9.17, 15) is 0 Å². The molecule has 0 amide bonds. The molecule has 1 heterocycles. The number of alkyl halides is 2. The van der Waals surface area contributed by atoms with E-state index < -0.39 is 0 Å². The smallest absolute Gasteiger partial charge is 0.403 e. The molecule has 1 rings (SSSR count). The van der Waals surface area contributed by atoms with Crippen LogP contribution in [0.3, 0.4) is 0 Å². The minimum absolute atomic E-state index is 0.181. The van der Waals surface area contributed by atoms with Gasteiger partial charge >= 0.3 is 7.12 Å². The van der Waals surface area contributed by atoms with Crippen LogP contribution in [-0.4, -0.2) is 23.2 Å². The number of hydrogen-bond acceptors (Lipinski definition) is 2. The Labute approximate surface area is 96.4 Å². The summed E-state index contributed by atoms with van der Waals surface area (Å²) in [6.07, 6.45) is 1.43. The van der Waals surface area contributed by atoms with Crippen LogP contribution in [0.5, 0.6) is 0 Å². The first kappa shape index (κ1) is 12.6. The lowest BCUT2D eigenvalue weighted by molar-refractivity contribution is 0.00578. The van der Waals surface area contributed by atoms with E-state index in [1.807, 2.05) is 27.7 Å². The zero-order valence-corrected chi connectivity index (χ0v) is 10.7. The molecule has 0 bridgehead atoms. The second-order valence-corrected chi connectivity index (χ2v) is 5.93. The summed E-state index contributed by atoms with van der Waals surface area (Å²) in [6.45, 7) is 8.13. The second-order valence-electron chi connectivity index (χ2n) is 4.65. The summed E-state index contributed by atoms with van der Waals surface area (Å²) in [4.78, 5) is -0.339. The largest absolute Gasteiger partial charge is 0.457 e. The lowest BCUT2D eigenvalue weighted by Gasteiger charge is -2.32. The normalized spacial score (nSPS) is 24.6. The van der Waals surface area contributed by atoms with Crippen LogP contribution in [0.4, 0.5) is 0 Å². The second kappa shape index (κ2) is 4.21. The van der Waals surface area contributed by atoms with Gasteiger partial charge in [-0.05, 0) is 40.4 Å². The zero-order chi connectivity index (χ0) is 11.0. The molecule has 1 saturated heterocycles. The summed E-state index contributed by atoms with van der Waals surface area (Å²) < 4.78 is 11.5. The van der Waals surface area contributed by atoms with E-state index in [1.165, 1.54) is 0 Å². The Balaban J connectivity index is 2.47. The fourth-order valence-electron chi connectivity index (χ4n) is 1.35. The molecule has 2 nitrogen and oxygen atoms in total. The summed E-state index contributed by atoms with van der Waals surface area (Å²) >= 11 is 11.3. The van der Waals surface area contributed by atoms with Gasteiger partial charge in [0.05, 0.1) is 11.2 Å². The van der Waals surface area contributed by atoms with E-state index in [4.69, 9.17) is 32.5 Å². The van der Waals surface area contributed by atoms with Crippen LogP contribution in [0, 0.1) is 0 Å². The van der Waals surface area contributed by atoms with Gasteiger partial charge in [-0.15, -0.1) is 23.2 Å². The van der Waals surface area contributed by atoms with Gasteiger partial charge in [0, 0.05) is 0 Å². The fourth-order valence-corrected chi connectivity index (χ4v) is 1.60. The van der Waals surface area contributed by atoms with Gasteiger partial charge in [0.2, 0.25) is 0 Å². The highest BCUT2D eigenvalue weighted by molar-refractivity contribution is 6.47. The molecule has 0 radical (unpaired) electrons. The van der Waals surface area contributed by atoms with E-state index >= 15 is 0 Å². The average molecular weight is 239 g/mol. The van der Waals surface area contributed by atoms with Crippen molar-refractivity contribution < 1.29 is 9.31 Å². The summed E-state index contributed by atoms with van der Waals surface area (Å²) in [5.41, 5.74) is -0.516. The first-order chi connectivity index (χ1) is 6.24. The summed E-state index contributed by atoms with van der Waals surface area (Å²) in [7, 11) is -0.181. The van der Waals surface area contributed by atoms with E-state index in [2.05, 4.69) is 0 Å². The Bertz CT molecular complexity index is 191. The number of halogens is 2. The molecular weight excluding hydrogens is 222 g/mol. The van der Waals surface area contributed by atoms with Crippen molar-refractivity contribution in [2.24, 2.45) is 0 Å². The molecule has 0 saturated carbocycles. The minimum Gasteiger partial charge on any atom is -0.403 e. The Hall–Kier alpha value is 0.565. The molecule has 0 aromatic rings. The van der Waals surface area contributed by atoms with Crippen molar-refractivity contribution in [1.29, 1.82) is 0 Å². The van der Waals surface area contributed by atoms with E-state index in [0.29, 0.717) is 6.42 Å². The summed E-state index contributed by atoms with van der Waals surface area (Å²) in [6, 6.07) is 0. The van der Waals surface area contributed by atoms with Crippen LogP contribution in [0.25, 0.3) is 0 Å². The van der Waals surface area contributed by atoms with Gasteiger partial charge in [-0.1, -0.05) is 0 Å². The van der Waals surface area contributed by atoms with Crippen LogP contribution >= 0.6 is 23.2 Å². The van der Waals surface area contributed by atoms with Crippen molar-refractivity contribution in [2.75, 3.05) is 0 Å². The highest BCUT2D eigenvalue weighted by Crippen LogP contribution is 2.38. The maximum absolute atomic E-state index is 5.77. The van der Waals surface area contributed by atoms with Gasteiger partial charge in [-0.2, -0.15) is 0 Å². The monoisotopic (exact) mass is 238 g/mol. The van der Waals surface area contributed by atoms with Gasteiger partial charge in [-0.3, -0.25) is 0 Å². The maximum Gasteiger partial charge on any atom is 0.457 e. The lowest BCUT2D eigenvalue weighted by atomic mass is 9.83. The highest BCUT2D eigenvalue weighted by atomic mass is 35.5. The van der Waals surface area contributed by atoms with Gasteiger partial charge in [0.25, 0.3) is 0 Å². The SMILES string of the molecule is CC1(C)OB(CCC(Cl)Cl)OC1(C)C. The molecule has 5 heteroatoms. The van der Waals surface area contributed by atoms with Gasteiger partial charge < -0.3 is 9.31 Å². The third-order valence-electron chi connectivity index (χ3n) is 2.92. The van der Waals surface area contributed by atoms with Crippen molar-refractivity contribution in [3.05, 3.63) is 0 Å². The Morgan fingerprint density at radius 3 is 1.86 bits per heavy atom. The number of hydrogen-bond donors (Lipinski definition) is 0. The Morgan fingerprint density at radius 2 is 1.50 bits per heavy atom.